The quantitative estimate of drug-likeness (QED) is 0.720. The molecule has 0 spiro atoms. The molecule has 72 valence electrons. The molecule has 0 aliphatic carbocycles. The van der Waals surface area contributed by atoms with Gasteiger partial charge in [0.25, 0.3) is 0 Å². The highest BCUT2D eigenvalue weighted by atomic mass is 32.1. The number of thiazole rings is 1. The van der Waals surface area contributed by atoms with Crippen molar-refractivity contribution in [2.45, 2.75) is 0 Å². The van der Waals surface area contributed by atoms with Crippen molar-refractivity contribution in [3.63, 3.8) is 0 Å². The Morgan fingerprint density at radius 3 is 2.73 bits per heavy atom. The predicted octanol–water partition coefficient (Wildman–Crippen LogP) is 2.77. The molecule has 0 amide bonds. The Morgan fingerprint density at radius 2 is 2.13 bits per heavy atom. The molecule has 0 fully saturated rings. The Labute approximate surface area is 91.4 Å². The van der Waals surface area contributed by atoms with E-state index in [2.05, 4.69) is 16.0 Å². The lowest BCUT2D eigenvalue weighted by molar-refractivity contribution is 1.36. The van der Waals surface area contributed by atoms with Gasteiger partial charge in [0.05, 0.1) is 11.6 Å². The second-order valence-electron chi connectivity index (χ2n) is 2.81. The Morgan fingerprint density at radius 1 is 1.33 bits per heavy atom. The summed E-state index contributed by atoms with van der Waals surface area (Å²) in [6.45, 7) is 0. The third-order valence-corrected chi connectivity index (χ3v) is 2.46. The van der Waals surface area contributed by atoms with E-state index in [1.807, 2.05) is 17.5 Å². The van der Waals surface area contributed by atoms with Crippen LogP contribution in [0.4, 0.5) is 5.13 Å². The molecule has 0 N–H and O–H groups in total. The molecule has 0 radical (unpaired) electrons. The zero-order valence-electron chi connectivity index (χ0n) is 7.79. The van der Waals surface area contributed by atoms with Crippen molar-refractivity contribution in [3.8, 4) is 6.07 Å². The highest BCUT2D eigenvalue weighted by molar-refractivity contribution is 7.13. The Kier molecular flexibility index (Phi) is 2.86. The number of aliphatic imine (C=N–C) groups is 1. The number of nitriles is 1. The van der Waals surface area contributed by atoms with Crippen molar-refractivity contribution >= 4 is 22.7 Å². The maximum absolute atomic E-state index is 8.62. The largest absolute Gasteiger partial charge is 0.227 e. The summed E-state index contributed by atoms with van der Waals surface area (Å²) in [5.74, 6) is 0. The van der Waals surface area contributed by atoms with E-state index >= 15 is 0 Å². The van der Waals surface area contributed by atoms with Crippen LogP contribution in [0.25, 0.3) is 0 Å². The molecule has 4 heteroatoms. The third-order valence-electron chi connectivity index (χ3n) is 1.78. The zero-order valence-corrected chi connectivity index (χ0v) is 8.61. The van der Waals surface area contributed by atoms with E-state index in [9.17, 15) is 0 Å². The first-order chi connectivity index (χ1) is 7.38. The van der Waals surface area contributed by atoms with E-state index in [0.29, 0.717) is 5.56 Å². The summed E-state index contributed by atoms with van der Waals surface area (Å²) in [6.07, 6.45) is 3.45. The van der Waals surface area contributed by atoms with Gasteiger partial charge in [-0.3, -0.25) is 0 Å². The topological polar surface area (TPSA) is 49.0 Å². The molecular formula is C11H7N3S. The first kappa shape index (κ1) is 9.56. The van der Waals surface area contributed by atoms with Gasteiger partial charge >= 0.3 is 0 Å². The second kappa shape index (κ2) is 4.49. The van der Waals surface area contributed by atoms with Gasteiger partial charge in [0, 0.05) is 17.8 Å². The fraction of sp³-hybridized carbons (Fsp3) is 0. The van der Waals surface area contributed by atoms with Gasteiger partial charge in [0.1, 0.15) is 0 Å². The van der Waals surface area contributed by atoms with Crippen molar-refractivity contribution in [3.05, 3.63) is 47.0 Å². The van der Waals surface area contributed by atoms with Crippen LogP contribution in [0.15, 0.2) is 40.8 Å². The smallest absolute Gasteiger partial charge is 0.208 e. The van der Waals surface area contributed by atoms with Crippen molar-refractivity contribution < 1.29 is 0 Å². The number of aromatic nitrogens is 1. The molecule has 0 bridgehead atoms. The summed E-state index contributed by atoms with van der Waals surface area (Å²) in [5.41, 5.74) is 1.62. The normalized spacial score (nSPS) is 10.3. The summed E-state index contributed by atoms with van der Waals surface area (Å²) in [6, 6.07) is 9.32. The molecule has 2 aromatic rings. The van der Waals surface area contributed by atoms with Gasteiger partial charge in [0.15, 0.2) is 0 Å². The average Bonchev–Trinajstić information content (AvgIpc) is 2.80. The van der Waals surface area contributed by atoms with Crippen molar-refractivity contribution in [2.24, 2.45) is 4.99 Å². The van der Waals surface area contributed by atoms with E-state index in [1.165, 1.54) is 11.3 Å². The molecule has 15 heavy (non-hydrogen) atoms. The number of benzene rings is 1. The fourth-order valence-electron chi connectivity index (χ4n) is 1.05. The first-order valence-corrected chi connectivity index (χ1v) is 5.20. The van der Waals surface area contributed by atoms with Crippen molar-refractivity contribution in [2.75, 3.05) is 0 Å². The van der Waals surface area contributed by atoms with Crippen LogP contribution in [0.1, 0.15) is 11.1 Å². The minimum absolute atomic E-state index is 0.654. The number of hydrogen-bond donors (Lipinski definition) is 0. The van der Waals surface area contributed by atoms with E-state index in [1.54, 1.807) is 24.5 Å². The van der Waals surface area contributed by atoms with Crippen LogP contribution in [0.3, 0.4) is 0 Å². The van der Waals surface area contributed by atoms with Gasteiger partial charge in [0.2, 0.25) is 5.13 Å². The molecule has 2 rings (SSSR count). The van der Waals surface area contributed by atoms with E-state index in [0.717, 1.165) is 10.7 Å². The monoisotopic (exact) mass is 213 g/mol. The molecule has 0 saturated heterocycles. The van der Waals surface area contributed by atoms with Crippen LogP contribution >= 0.6 is 11.3 Å². The molecule has 3 nitrogen and oxygen atoms in total. The molecule has 1 aromatic heterocycles. The standard InChI is InChI=1S/C11H7N3S/c12-7-9-1-3-10(4-2-9)8-14-11-13-5-6-15-11/h1-6,8H/b14-8-. The van der Waals surface area contributed by atoms with Gasteiger partial charge in [-0.05, 0) is 17.7 Å². The van der Waals surface area contributed by atoms with E-state index < -0.39 is 0 Å². The molecule has 0 saturated carbocycles. The lowest BCUT2D eigenvalue weighted by Crippen LogP contribution is -1.80. The Hall–Kier alpha value is -1.99. The van der Waals surface area contributed by atoms with Crippen LogP contribution < -0.4 is 0 Å². The molecule has 0 atom stereocenters. The van der Waals surface area contributed by atoms with Crippen LogP contribution in [0.5, 0.6) is 0 Å². The fourth-order valence-corrected chi connectivity index (χ4v) is 1.53. The van der Waals surface area contributed by atoms with Crippen molar-refractivity contribution in [1.82, 2.24) is 4.98 Å². The number of nitrogens with zero attached hydrogens (tertiary/aromatic N) is 3. The van der Waals surface area contributed by atoms with Gasteiger partial charge in [-0.25, -0.2) is 9.98 Å². The van der Waals surface area contributed by atoms with Crippen LogP contribution in [0.2, 0.25) is 0 Å². The number of rotatable bonds is 2. The average molecular weight is 213 g/mol. The SMILES string of the molecule is N#Cc1ccc(/C=N\c2nccs2)cc1. The summed E-state index contributed by atoms with van der Waals surface area (Å²) in [4.78, 5) is 8.22. The predicted molar refractivity (Wildman–Crippen MR) is 60.5 cm³/mol. The molecule has 1 heterocycles. The summed E-state index contributed by atoms with van der Waals surface area (Å²) in [5, 5.41) is 11.2. The summed E-state index contributed by atoms with van der Waals surface area (Å²) >= 11 is 1.49. The maximum atomic E-state index is 8.62. The van der Waals surface area contributed by atoms with Gasteiger partial charge in [-0.1, -0.05) is 12.1 Å². The lowest BCUT2D eigenvalue weighted by Gasteiger charge is -1.91. The highest BCUT2D eigenvalue weighted by Crippen LogP contribution is 2.14. The van der Waals surface area contributed by atoms with Gasteiger partial charge in [-0.2, -0.15) is 5.26 Å². The van der Waals surface area contributed by atoms with Crippen LogP contribution in [-0.2, 0) is 0 Å². The summed E-state index contributed by atoms with van der Waals surface area (Å²) < 4.78 is 0. The van der Waals surface area contributed by atoms with Crippen LogP contribution in [-0.4, -0.2) is 11.2 Å². The van der Waals surface area contributed by atoms with E-state index in [4.69, 9.17) is 5.26 Å². The maximum Gasteiger partial charge on any atom is 0.208 e. The molecule has 0 aliphatic rings. The molecule has 0 unspecified atom stereocenters. The highest BCUT2D eigenvalue weighted by Gasteiger charge is 1.91. The van der Waals surface area contributed by atoms with Crippen LogP contribution in [0, 0.1) is 11.3 Å². The minimum atomic E-state index is 0.654. The minimum Gasteiger partial charge on any atom is -0.227 e. The molecule has 0 aliphatic heterocycles. The van der Waals surface area contributed by atoms with Gasteiger partial charge < -0.3 is 0 Å². The Balaban J connectivity index is 2.15. The lowest BCUT2D eigenvalue weighted by atomic mass is 10.2. The third kappa shape index (κ3) is 2.48. The zero-order chi connectivity index (χ0) is 10.5. The number of hydrogen-bond acceptors (Lipinski definition) is 4. The van der Waals surface area contributed by atoms with Crippen molar-refractivity contribution in [1.29, 1.82) is 5.26 Å². The van der Waals surface area contributed by atoms with E-state index in [-0.39, 0.29) is 0 Å². The summed E-state index contributed by atoms with van der Waals surface area (Å²) in [7, 11) is 0. The van der Waals surface area contributed by atoms with Gasteiger partial charge in [-0.15, -0.1) is 11.3 Å². The Bertz CT molecular complexity index is 492. The molecular weight excluding hydrogens is 206 g/mol. The first-order valence-electron chi connectivity index (χ1n) is 4.32. The molecule has 1 aromatic carbocycles. The second-order valence-corrected chi connectivity index (χ2v) is 3.68.